The maximum Gasteiger partial charge on any atom is 0.417 e. The Morgan fingerprint density at radius 3 is 2.61 bits per heavy atom. The largest absolute Gasteiger partial charge is 0.493 e. The number of nitrogens with one attached hydrogen (secondary N) is 1. The molecule has 2 aromatic heterocycles. The summed E-state index contributed by atoms with van der Waals surface area (Å²) in [6.07, 6.45) is -4.59. The van der Waals surface area contributed by atoms with Crippen LogP contribution in [0.5, 0.6) is 5.75 Å². The van der Waals surface area contributed by atoms with Crippen LogP contribution in [0.1, 0.15) is 37.3 Å². The number of methoxy groups -OCH3 is 1. The maximum atomic E-state index is 14.4. The number of nitrogens with two attached hydrogens (primary N) is 1. The van der Waals surface area contributed by atoms with Crippen molar-refractivity contribution in [3.63, 3.8) is 0 Å². The molecule has 0 aliphatic carbocycles. The summed E-state index contributed by atoms with van der Waals surface area (Å²) in [5.41, 5.74) is 3.95. The van der Waals surface area contributed by atoms with Gasteiger partial charge in [-0.05, 0) is 13.0 Å². The molecule has 1 saturated heterocycles. The van der Waals surface area contributed by atoms with Crippen LogP contribution in [0.2, 0.25) is 0 Å². The molecule has 1 fully saturated rings. The zero-order valence-electron chi connectivity index (χ0n) is 16.7. The molecule has 0 amide bonds. The molecule has 0 spiro atoms. The van der Waals surface area contributed by atoms with Crippen LogP contribution in [-0.4, -0.2) is 33.8 Å². The molecule has 6 nitrogen and oxygen atoms in total. The fourth-order valence-corrected chi connectivity index (χ4v) is 4.13. The zero-order valence-corrected chi connectivity index (χ0v) is 16.7. The van der Waals surface area contributed by atoms with Crippen LogP contribution in [0, 0.1) is 17.6 Å². The van der Waals surface area contributed by atoms with Crippen molar-refractivity contribution in [2.75, 3.05) is 12.8 Å². The van der Waals surface area contributed by atoms with Gasteiger partial charge in [-0.3, -0.25) is 0 Å². The van der Waals surface area contributed by atoms with Gasteiger partial charge in [0.2, 0.25) is 5.82 Å². The Morgan fingerprint density at radius 2 is 1.97 bits per heavy atom. The molecule has 0 bridgehead atoms. The average Bonchev–Trinajstić information content (AvgIpc) is 3.23. The number of benzene rings is 1. The normalized spacial score (nSPS) is 26.5. The Hall–Kier alpha value is -2.95. The highest BCUT2D eigenvalue weighted by Gasteiger charge is 2.65. The number of pyridine rings is 1. The van der Waals surface area contributed by atoms with Crippen LogP contribution in [0.15, 0.2) is 24.4 Å². The van der Waals surface area contributed by atoms with Crippen molar-refractivity contribution in [2.45, 2.75) is 37.6 Å². The molecule has 166 valence electrons. The highest BCUT2D eigenvalue weighted by atomic mass is 19.4. The van der Waals surface area contributed by atoms with Gasteiger partial charge >= 0.3 is 6.18 Å². The quantitative estimate of drug-likeness (QED) is 0.578. The number of hydrogen-bond acceptors (Lipinski definition) is 5. The molecule has 0 unspecified atom stereocenters. The fraction of sp³-hybridized carbons (Fsp3) is 0.400. The zero-order chi connectivity index (χ0) is 22.7. The third-order valence-electron chi connectivity index (χ3n) is 5.99. The van der Waals surface area contributed by atoms with E-state index < -0.39 is 47.1 Å². The molecular formula is C20H19F5N4O2. The second kappa shape index (κ2) is 7.04. The highest BCUT2D eigenvalue weighted by molar-refractivity contribution is 5.76. The number of nitrogens with zero attached hydrogens (tertiary/aromatic N) is 2. The predicted molar refractivity (Wildman–Crippen MR) is 101 cm³/mol. The van der Waals surface area contributed by atoms with Gasteiger partial charge in [0.1, 0.15) is 17.7 Å². The molecule has 4 rings (SSSR count). The Morgan fingerprint density at radius 1 is 1.26 bits per heavy atom. The summed E-state index contributed by atoms with van der Waals surface area (Å²) in [5, 5.41) is 0. The Kier molecular flexibility index (Phi) is 4.84. The van der Waals surface area contributed by atoms with Gasteiger partial charge in [0.15, 0.2) is 17.2 Å². The smallest absolute Gasteiger partial charge is 0.417 e. The number of halogens is 5. The molecule has 4 atom stereocenters. The molecule has 0 saturated carbocycles. The van der Waals surface area contributed by atoms with E-state index in [1.165, 1.54) is 25.3 Å². The number of ether oxygens (including phenoxy) is 2. The van der Waals surface area contributed by atoms with E-state index >= 15 is 0 Å². The lowest BCUT2D eigenvalue weighted by Gasteiger charge is -2.32. The number of imidazole rings is 1. The van der Waals surface area contributed by atoms with E-state index in [1.54, 1.807) is 0 Å². The summed E-state index contributed by atoms with van der Waals surface area (Å²) in [4.78, 5) is 11.2. The van der Waals surface area contributed by atoms with E-state index in [0.29, 0.717) is 11.0 Å². The van der Waals surface area contributed by atoms with Crippen molar-refractivity contribution in [1.82, 2.24) is 15.0 Å². The number of rotatable bonds is 3. The fourth-order valence-electron chi connectivity index (χ4n) is 4.13. The number of aromatic nitrogens is 3. The number of hydrogen-bond donors (Lipinski definition) is 2. The van der Waals surface area contributed by atoms with Crippen LogP contribution >= 0.6 is 0 Å². The van der Waals surface area contributed by atoms with E-state index in [2.05, 4.69) is 15.0 Å². The van der Waals surface area contributed by atoms with Crippen LogP contribution in [-0.2, 0) is 4.74 Å². The minimum absolute atomic E-state index is 0.0463. The number of alkyl halides is 3. The second-order valence-corrected chi connectivity index (χ2v) is 7.69. The lowest BCUT2D eigenvalue weighted by atomic mass is 9.77. The van der Waals surface area contributed by atoms with Crippen molar-refractivity contribution >= 4 is 16.9 Å². The molecule has 1 aliphatic heterocycles. The Balaban J connectivity index is 1.92. The molecule has 0 radical (unpaired) electrons. The van der Waals surface area contributed by atoms with Crippen molar-refractivity contribution in [3.05, 3.63) is 47.4 Å². The number of anilines is 1. The van der Waals surface area contributed by atoms with E-state index in [1.807, 2.05) is 0 Å². The van der Waals surface area contributed by atoms with E-state index in [4.69, 9.17) is 15.2 Å². The van der Waals surface area contributed by atoms with Gasteiger partial charge in [-0.25, -0.2) is 14.4 Å². The second-order valence-electron chi connectivity index (χ2n) is 7.69. The standard InChI is InChI=1S/C20H19F5N4O2/c1-8-14(9-4-5-10(21)15(22)16(9)30-3)17(31-19(8,2)20(23,24)25)18-28-11-6-13(26)27-7-12(11)29-18/h4-8,14,17H,1-3H3,(H2,26,27)(H,28,29)/t8-,14-,17+,19+/m0/s1. The monoisotopic (exact) mass is 442 g/mol. The van der Waals surface area contributed by atoms with Gasteiger partial charge in [-0.1, -0.05) is 13.0 Å². The molecule has 1 aliphatic rings. The Bertz CT molecular complexity index is 1150. The minimum atomic E-state index is -4.73. The van der Waals surface area contributed by atoms with Gasteiger partial charge in [0, 0.05) is 23.5 Å². The first kappa shape index (κ1) is 21.3. The maximum absolute atomic E-state index is 14.4. The van der Waals surface area contributed by atoms with Gasteiger partial charge in [-0.15, -0.1) is 0 Å². The van der Waals surface area contributed by atoms with Crippen LogP contribution < -0.4 is 10.5 Å². The highest BCUT2D eigenvalue weighted by Crippen LogP contribution is 2.59. The predicted octanol–water partition coefficient (Wildman–Crippen LogP) is 4.64. The number of fused-ring (bicyclic) bond motifs is 1. The lowest BCUT2D eigenvalue weighted by Crippen LogP contribution is -2.46. The van der Waals surface area contributed by atoms with Gasteiger partial charge in [0.25, 0.3) is 0 Å². The van der Waals surface area contributed by atoms with Crippen LogP contribution in [0.25, 0.3) is 11.0 Å². The van der Waals surface area contributed by atoms with E-state index in [9.17, 15) is 22.0 Å². The average molecular weight is 442 g/mol. The van der Waals surface area contributed by atoms with E-state index in [-0.39, 0.29) is 17.2 Å². The van der Waals surface area contributed by atoms with Gasteiger partial charge in [-0.2, -0.15) is 17.6 Å². The first-order chi connectivity index (χ1) is 14.5. The molecule has 3 heterocycles. The van der Waals surface area contributed by atoms with Crippen molar-refractivity contribution in [1.29, 1.82) is 0 Å². The number of nitrogen functional groups attached to an aromatic ring is 1. The SMILES string of the molecule is COc1c([C@H]2[C@H](c3nc4cc(N)ncc4[nH]3)O[C@@](C)(C(F)(F)F)[C@H]2C)ccc(F)c1F. The molecular weight excluding hydrogens is 423 g/mol. The van der Waals surface area contributed by atoms with Gasteiger partial charge < -0.3 is 20.2 Å². The number of aromatic amines is 1. The molecule has 1 aromatic carbocycles. The minimum Gasteiger partial charge on any atom is -0.493 e. The summed E-state index contributed by atoms with van der Waals surface area (Å²) in [5.74, 6) is -4.90. The molecule has 31 heavy (non-hydrogen) atoms. The summed E-state index contributed by atoms with van der Waals surface area (Å²) < 4.78 is 80.8. The van der Waals surface area contributed by atoms with Gasteiger partial charge in [0.05, 0.1) is 24.3 Å². The van der Waals surface area contributed by atoms with Crippen molar-refractivity contribution < 1.29 is 31.4 Å². The third-order valence-corrected chi connectivity index (χ3v) is 5.99. The van der Waals surface area contributed by atoms with Crippen LogP contribution in [0.4, 0.5) is 27.8 Å². The topological polar surface area (TPSA) is 86.0 Å². The van der Waals surface area contributed by atoms with Crippen molar-refractivity contribution in [2.24, 2.45) is 5.92 Å². The molecule has 11 heteroatoms. The summed E-state index contributed by atoms with van der Waals surface area (Å²) >= 11 is 0. The van der Waals surface area contributed by atoms with E-state index in [0.717, 1.165) is 20.1 Å². The molecule has 3 N–H and O–H groups in total. The summed E-state index contributed by atoms with van der Waals surface area (Å²) in [7, 11) is 1.12. The third kappa shape index (κ3) is 3.18. The lowest BCUT2D eigenvalue weighted by molar-refractivity contribution is -0.275. The number of H-pyrrole nitrogens is 1. The summed E-state index contributed by atoms with van der Waals surface area (Å²) in [6.45, 7) is 2.28. The molecule has 3 aromatic rings. The first-order valence-corrected chi connectivity index (χ1v) is 9.35. The Labute approximate surface area is 173 Å². The van der Waals surface area contributed by atoms with Crippen LogP contribution in [0.3, 0.4) is 0 Å². The summed E-state index contributed by atoms with van der Waals surface area (Å²) in [6, 6.07) is 3.52. The van der Waals surface area contributed by atoms with Crippen molar-refractivity contribution in [3.8, 4) is 5.75 Å². The first-order valence-electron chi connectivity index (χ1n) is 9.35.